The molecule has 0 bridgehead atoms. The Morgan fingerprint density at radius 3 is 3.00 bits per heavy atom. The van der Waals surface area contributed by atoms with Crippen molar-refractivity contribution in [2.24, 2.45) is 11.7 Å². The van der Waals surface area contributed by atoms with E-state index >= 15 is 0 Å². The highest BCUT2D eigenvalue weighted by Gasteiger charge is 2.27. The number of fused-ring (bicyclic) bond motifs is 1. The molecule has 3 rings (SSSR count). The van der Waals surface area contributed by atoms with Gasteiger partial charge in [-0.3, -0.25) is 4.79 Å². The van der Waals surface area contributed by atoms with Gasteiger partial charge in [-0.1, -0.05) is 12.5 Å². The van der Waals surface area contributed by atoms with E-state index in [1.807, 2.05) is 18.2 Å². The van der Waals surface area contributed by atoms with Gasteiger partial charge in [-0.25, -0.2) is 0 Å². The first kappa shape index (κ1) is 13.2. The van der Waals surface area contributed by atoms with E-state index in [1.54, 1.807) is 0 Å². The fourth-order valence-corrected chi connectivity index (χ4v) is 3.00. The second-order valence-electron chi connectivity index (χ2n) is 5.47. The van der Waals surface area contributed by atoms with Crippen LogP contribution < -0.4 is 20.5 Å². The molecule has 3 N–H and O–H groups in total. The molecule has 2 atom stereocenters. The van der Waals surface area contributed by atoms with Crippen LogP contribution in [-0.4, -0.2) is 25.3 Å². The van der Waals surface area contributed by atoms with Gasteiger partial charge in [0, 0.05) is 6.04 Å². The Bertz CT molecular complexity index is 504. The fraction of sp³-hybridized carbons (Fsp3) is 0.533. The number of nitrogens with two attached hydrogens (primary N) is 1. The molecule has 1 amide bonds. The molecule has 0 spiro atoms. The molecule has 20 heavy (non-hydrogen) atoms. The molecule has 5 nitrogen and oxygen atoms in total. The monoisotopic (exact) mass is 276 g/mol. The normalized spacial score (nSPS) is 23.9. The van der Waals surface area contributed by atoms with Crippen molar-refractivity contribution in [2.75, 3.05) is 13.3 Å². The maximum Gasteiger partial charge on any atom is 0.231 e. The van der Waals surface area contributed by atoms with Gasteiger partial charge in [0.25, 0.3) is 0 Å². The summed E-state index contributed by atoms with van der Waals surface area (Å²) in [4.78, 5) is 12.1. The molecule has 5 heteroatoms. The van der Waals surface area contributed by atoms with Crippen LogP contribution in [0.3, 0.4) is 0 Å². The largest absolute Gasteiger partial charge is 0.454 e. The fourth-order valence-electron chi connectivity index (χ4n) is 3.00. The molecule has 1 aromatic carbocycles. The number of nitrogens with one attached hydrogen (secondary N) is 1. The second kappa shape index (κ2) is 5.71. The number of carbonyl (C=O) groups is 1. The average molecular weight is 276 g/mol. The summed E-state index contributed by atoms with van der Waals surface area (Å²) in [5.74, 6) is 1.94. The van der Waals surface area contributed by atoms with Gasteiger partial charge in [0.05, 0.1) is 6.42 Å². The van der Waals surface area contributed by atoms with Crippen molar-refractivity contribution in [1.29, 1.82) is 0 Å². The molecule has 1 heterocycles. The third-order valence-corrected chi connectivity index (χ3v) is 4.11. The number of benzene rings is 1. The summed E-state index contributed by atoms with van der Waals surface area (Å²) in [6, 6.07) is 5.86. The summed E-state index contributed by atoms with van der Waals surface area (Å²) in [6.45, 7) is 0.903. The highest BCUT2D eigenvalue weighted by atomic mass is 16.7. The highest BCUT2D eigenvalue weighted by molar-refractivity contribution is 5.79. The van der Waals surface area contributed by atoms with E-state index in [-0.39, 0.29) is 18.7 Å². The molecule has 1 aliphatic carbocycles. The first-order chi connectivity index (χ1) is 9.76. The van der Waals surface area contributed by atoms with E-state index in [2.05, 4.69) is 5.32 Å². The zero-order chi connectivity index (χ0) is 13.9. The third-order valence-electron chi connectivity index (χ3n) is 4.11. The molecule has 2 aliphatic rings. The lowest BCUT2D eigenvalue weighted by Gasteiger charge is -2.19. The summed E-state index contributed by atoms with van der Waals surface area (Å²) >= 11 is 0. The molecular weight excluding hydrogens is 256 g/mol. The maximum atomic E-state index is 12.1. The minimum atomic E-state index is 0.0502. The number of amides is 1. The molecule has 108 valence electrons. The Morgan fingerprint density at radius 1 is 1.30 bits per heavy atom. The van der Waals surface area contributed by atoms with Gasteiger partial charge >= 0.3 is 0 Å². The van der Waals surface area contributed by atoms with Crippen LogP contribution in [-0.2, 0) is 11.2 Å². The van der Waals surface area contributed by atoms with Gasteiger partial charge in [0.15, 0.2) is 11.5 Å². The Hall–Kier alpha value is -1.75. The zero-order valence-corrected chi connectivity index (χ0v) is 11.4. The summed E-state index contributed by atoms with van der Waals surface area (Å²) in [5, 5.41) is 3.11. The van der Waals surface area contributed by atoms with Crippen molar-refractivity contribution < 1.29 is 14.3 Å². The number of carbonyl (C=O) groups excluding carboxylic acids is 1. The summed E-state index contributed by atoms with van der Waals surface area (Å²) < 4.78 is 10.6. The molecule has 1 aliphatic heterocycles. The summed E-state index contributed by atoms with van der Waals surface area (Å²) in [7, 11) is 0. The van der Waals surface area contributed by atoms with Gasteiger partial charge in [-0.15, -0.1) is 0 Å². The van der Waals surface area contributed by atoms with Crippen molar-refractivity contribution in [2.45, 2.75) is 31.7 Å². The van der Waals surface area contributed by atoms with Crippen LogP contribution in [0.25, 0.3) is 0 Å². The van der Waals surface area contributed by atoms with Crippen LogP contribution in [0.4, 0.5) is 0 Å². The Kier molecular flexibility index (Phi) is 3.78. The third kappa shape index (κ3) is 2.72. The van der Waals surface area contributed by atoms with Gasteiger partial charge < -0.3 is 20.5 Å². The molecule has 1 aromatic rings. The first-order valence-electron chi connectivity index (χ1n) is 7.14. The van der Waals surface area contributed by atoms with Crippen LogP contribution in [0.5, 0.6) is 11.5 Å². The van der Waals surface area contributed by atoms with Crippen molar-refractivity contribution >= 4 is 5.91 Å². The van der Waals surface area contributed by atoms with E-state index in [4.69, 9.17) is 15.2 Å². The molecule has 1 fully saturated rings. The number of hydrogen-bond acceptors (Lipinski definition) is 4. The minimum absolute atomic E-state index is 0.0502. The first-order valence-corrected chi connectivity index (χ1v) is 7.14. The second-order valence-corrected chi connectivity index (χ2v) is 5.47. The van der Waals surface area contributed by atoms with E-state index in [1.165, 1.54) is 0 Å². The van der Waals surface area contributed by atoms with Gasteiger partial charge in [-0.2, -0.15) is 0 Å². The molecule has 1 saturated carbocycles. The molecular formula is C15H20N2O3. The predicted molar refractivity (Wildman–Crippen MR) is 74.6 cm³/mol. The number of hydrogen-bond donors (Lipinski definition) is 2. The smallest absolute Gasteiger partial charge is 0.231 e. The topological polar surface area (TPSA) is 73.6 Å². The van der Waals surface area contributed by atoms with Crippen molar-refractivity contribution in [3.8, 4) is 11.5 Å². The lowest BCUT2D eigenvalue weighted by molar-refractivity contribution is -0.121. The van der Waals surface area contributed by atoms with Crippen molar-refractivity contribution in [1.82, 2.24) is 5.32 Å². The van der Waals surface area contributed by atoms with Crippen LogP contribution in [0.15, 0.2) is 18.2 Å². The van der Waals surface area contributed by atoms with E-state index in [0.29, 0.717) is 18.9 Å². The Labute approximate surface area is 118 Å². The summed E-state index contributed by atoms with van der Waals surface area (Å²) in [6.07, 6.45) is 3.67. The van der Waals surface area contributed by atoms with Crippen LogP contribution >= 0.6 is 0 Å². The van der Waals surface area contributed by atoms with Crippen LogP contribution in [0.2, 0.25) is 0 Å². The maximum absolute atomic E-state index is 12.1. The van der Waals surface area contributed by atoms with Crippen molar-refractivity contribution in [3.05, 3.63) is 23.8 Å². The predicted octanol–water partition coefficient (Wildman–Crippen LogP) is 1.20. The average Bonchev–Trinajstić information content (AvgIpc) is 3.06. The molecule has 0 saturated heterocycles. The van der Waals surface area contributed by atoms with E-state index in [9.17, 15) is 4.79 Å². The molecule has 0 aromatic heterocycles. The summed E-state index contributed by atoms with van der Waals surface area (Å²) in [5.41, 5.74) is 6.67. The van der Waals surface area contributed by atoms with Crippen molar-refractivity contribution in [3.63, 3.8) is 0 Å². The van der Waals surface area contributed by atoms with Gasteiger partial charge in [0.2, 0.25) is 12.7 Å². The Morgan fingerprint density at radius 2 is 2.15 bits per heavy atom. The molecule has 2 unspecified atom stereocenters. The lowest BCUT2D eigenvalue weighted by atomic mass is 10.0. The quantitative estimate of drug-likeness (QED) is 0.866. The van der Waals surface area contributed by atoms with Crippen LogP contribution in [0.1, 0.15) is 24.8 Å². The minimum Gasteiger partial charge on any atom is -0.454 e. The SMILES string of the molecule is NCC1CCCC1NC(=O)Cc1ccc2c(c1)OCO2. The van der Waals surface area contributed by atoms with E-state index < -0.39 is 0 Å². The molecule has 0 radical (unpaired) electrons. The lowest BCUT2D eigenvalue weighted by Crippen LogP contribution is -2.40. The Balaban J connectivity index is 1.59. The van der Waals surface area contributed by atoms with Crippen LogP contribution in [0, 0.1) is 5.92 Å². The van der Waals surface area contributed by atoms with Gasteiger partial charge in [0.1, 0.15) is 0 Å². The standard InChI is InChI=1S/C15H20N2O3/c16-8-11-2-1-3-12(11)17-15(18)7-10-4-5-13-14(6-10)20-9-19-13/h4-6,11-12H,1-3,7-9,16H2,(H,17,18). The number of rotatable bonds is 4. The van der Waals surface area contributed by atoms with Gasteiger partial charge in [-0.05, 0) is 43.0 Å². The number of ether oxygens (including phenoxy) is 2. The van der Waals surface area contributed by atoms with E-state index in [0.717, 1.165) is 36.3 Å². The highest BCUT2D eigenvalue weighted by Crippen LogP contribution is 2.32. The zero-order valence-electron chi connectivity index (χ0n) is 11.4.